The monoisotopic (exact) mass is 490 g/mol. The third-order valence-electron chi connectivity index (χ3n) is 5.83. The fourth-order valence-electron chi connectivity index (χ4n) is 4.24. The van der Waals surface area contributed by atoms with E-state index in [9.17, 15) is 22.8 Å². The lowest BCUT2D eigenvalue weighted by Crippen LogP contribution is -2.50. The first-order chi connectivity index (χ1) is 16.6. The second-order valence-corrected chi connectivity index (χ2v) is 8.05. The number of nitrogens with zero attached hydrogens (tertiary/aromatic N) is 4. The number of halogens is 3. The van der Waals surface area contributed by atoms with Gasteiger partial charge >= 0.3 is 12.1 Å². The summed E-state index contributed by atoms with van der Waals surface area (Å²) in [7, 11) is 0. The molecule has 0 spiro atoms. The number of carboxylic acids is 1. The van der Waals surface area contributed by atoms with Gasteiger partial charge in [0.25, 0.3) is 5.91 Å². The topological polar surface area (TPSA) is 109 Å². The predicted octanol–water partition coefficient (Wildman–Crippen LogP) is 2.76. The van der Waals surface area contributed by atoms with Gasteiger partial charge in [-0.15, -0.1) is 0 Å². The maximum Gasteiger partial charge on any atom is 0.490 e. The number of aromatic nitrogens is 2. The lowest BCUT2D eigenvalue weighted by Gasteiger charge is -2.37. The summed E-state index contributed by atoms with van der Waals surface area (Å²) >= 11 is 0. The molecule has 184 valence electrons. The van der Waals surface area contributed by atoms with E-state index in [-0.39, 0.29) is 30.3 Å². The average Bonchev–Trinajstić information content (AvgIpc) is 3.57. The number of rotatable bonds is 4. The Kier molecular flexibility index (Phi) is 6.63. The van der Waals surface area contributed by atoms with E-state index < -0.39 is 12.1 Å². The van der Waals surface area contributed by atoms with Crippen LogP contribution < -0.4 is 0 Å². The Labute approximate surface area is 197 Å². The Morgan fingerprint density at radius 2 is 1.83 bits per heavy atom. The molecule has 0 unspecified atom stereocenters. The molecule has 2 atom stereocenters. The second-order valence-electron chi connectivity index (χ2n) is 8.05. The molecule has 2 aliphatic rings. The van der Waals surface area contributed by atoms with Crippen molar-refractivity contribution in [3.8, 4) is 0 Å². The minimum Gasteiger partial charge on any atom is -0.475 e. The molecule has 0 bridgehead atoms. The van der Waals surface area contributed by atoms with Crippen LogP contribution >= 0.6 is 0 Å². The smallest absolute Gasteiger partial charge is 0.475 e. The lowest BCUT2D eigenvalue weighted by molar-refractivity contribution is -0.192. The number of carbonyl (C=O) groups excluding carboxylic acids is 2. The van der Waals surface area contributed by atoms with Gasteiger partial charge in [-0.2, -0.15) is 13.2 Å². The minimum atomic E-state index is -5.08. The van der Waals surface area contributed by atoms with Crippen LogP contribution in [-0.2, 0) is 22.6 Å². The molecular formula is C23H21F3N4O5. The molecule has 3 aromatic rings. The SMILES string of the molecule is O=C(Cc1ccco1)N1C[C@@H]2[C@H](C1)n1cccc1C(=O)N2Cc1ccccn1.O=C(O)C(F)(F)F. The highest BCUT2D eigenvalue weighted by Gasteiger charge is 2.46. The van der Waals surface area contributed by atoms with Crippen LogP contribution in [0.3, 0.4) is 0 Å². The Bertz CT molecular complexity index is 1190. The van der Waals surface area contributed by atoms with Crippen LogP contribution in [0.15, 0.2) is 65.5 Å². The van der Waals surface area contributed by atoms with Gasteiger partial charge in [0.1, 0.15) is 11.5 Å². The molecule has 3 aromatic heterocycles. The number of carboxylic acid groups (broad SMARTS) is 1. The molecule has 0 aromatic carbocycles. The standard InChI is InChI=1S/C21H20N4O3.C2HF3O2/c26-20(11-16-6-4-10-28-16)23-13-18-19(14-23)25(12-15-5-1-2-8-22-15)21(27)17-7-3-9-24(17)18;3-2(4,5)1(6)7/h1-10,18-19H,11-14H2;(H,6,7)/t18-,19+;/m0./s1. The molecule has 9 nitrogen and oxygen atoms in total. The Morgan fingerprint density at radius 3 is 2.46 bits per heavy atom. The fourth-order valence-corrected chi connectivity index (χ4v) is 4.24. The van der Waals surface area contributed by atoms with Crippen LogP contribution in [0, 0.1) is 0 Å². The van der Waals surface area contributed by atoms with E-state index in [1.54, 1.807) is 18.5 Å². The fraction of sp³-hybridized carbons (Fsp3) is 0.304. The van der Waals surface area contributed by atoms with Crippen molar-refractivity contribution in [1.82, 2.24) is 19.4 Å². The Morgan fingerprint density at radius 1 is 1.09 bits per heavy atom. The van der Waals surface area contributed by atoms with Crippen LogP contribution in [0.5, 0.6) is 0 Å². The maximum atomic E-state index is 13.1. The van der Waals surface area contributed by atoms with Crippen molar-refractivity contribution in [2.24, 2.45) is 0 Å². The quantitative estimate of drug-likeness (QED) is 0.603. The second kappa shape index (κ2) is 9.65. The van der Waals surface area contributed by atoms with Gasteiger partial charge < -0.3 is 23.9 Å². The highest BCUT2D eigenvalue weighted by atomic mass is 19.4. The number of hydrogen-bond acceptors (Lipinski definition) is 5. The van der Waals surface area contributed by atoms with E-state index in [1.165, 1.54) is 0 Å². The first-order valence-corrected chi connectivity index (χ1v) is 10.6. The number of aliphatic carboxylic acids is 1. The van der Waals surface area contributed by atoms with Crippen molar-refractivity contribution < 1.29 is 37.1 Å². The maximum absolute atomic E-state index is 13.1. The first kappa shape index (κ1) is 24.0. The number of amides is 2. The highest BCUT2D eigenvalue weighted by Crippen LogP contribution is 2.34. The van der Waals surface area contributed by atoms with Crippen LogP contribution in [0.25, 0.3) is 0 Å². The van der Waals surface area contributed by atoms with E-state index in [2.05, 4.69) is 4.98 Å². The summed E-state index contributed by atoms with van der Waals surface area (Å²) in [5, 5.41) is 7.12. The lowest BCUT2D eigenvalue weighted by atomic mass is 10.1. The molecule has 12 heteroatoms. The van der Waals surface area contributed by atoms with Gasteiger partial charge in [0.05, 0.1) is 37.0 Å². The number of likely N-dealkylation sites (tertiary alicyclic amines) is 1. The van der Waals surface area contributed by atoms with Crippen LogP contribution in [0.2, 0.25) is 0 Å². The molecule has 0 aliphatic carbocycles. The predicted molar refractivity (Wildman–Crippen MR) is 114 cm³/mol. The zero-order valence-corrected chi connectivity index (χ0v) is 18.3. The van der Waals surface area contributed by atoms with Crippen molar-refractivity contribution in [3.05, 3.63) is 78.3 Å². The summed E-state index contributed by atoms with van der Waals surface area (Å²) in [5.74, 6) is -2.10. The summed E-state index contributed by atoms with van der Waals surface area (Å²) in [6.45, 7) is 1.53. The van der Waals surface area contributed by atoms with Gasteiger partial charge in [-0.05, 0) is 36.4 Å². The molecular weight excluding hydrogens is 469 g/mol. The number of furan rings is 1. The molecule has 5 heterocycles. The van der Waals surface area contributed by atoms with E-state index in [0.717, 1.165) is 5.69 Å². The molecule has 0 saturated carbocycles. The van der Waals surface area contributed by atoms with Crippen molar-refractivity contribution in [1.29, 1.82) is 0 Å². The number of carbonyl (C=O) groups is 3. The summed E-state index contributed by atoms with van der Waals surface area (Å²) < 4.78 is 39.1. The van der Waals surface area contributed by atoms with Gasteiger partial charge in [-0.1, -0.05) is 6.07 Å². The molecule has 2 amide bonds. The number of pyridine rings is 1. The van der Waals surface area contributed by atoms with Crippen LogP contribution in [-0.4, -0.2) is 67.5 Å². The average molecular weight is 490 g/mol. The van der Waals surface area contributed by atoms with Gasteiger partial charge in [-0.25, -0.2) is 4.79 Å². The van der Waals surface area contributed by atoms with E-state index in [4.69, 9.17) is 14.3 Å². The number of fused-ring (bicyclic) bond motifs is 3. The van der Waals surface area contributed by atoms with Gasteiger partial charge in [0.2, 0.25) is 5.91 Å². The molecule has 5 rings (SSSR count). The number of hydrogen-bond donors (Lipinski definition) is 1. The summed E-state index contributed by atoms with van der Waals surface area (Å²) in [5.41, 5.74) is 1.51. The third kappa shape index (κ3) is 5.20. The number of alkyl halides is 3. The van der Waals surface area contributed by atoms with Crippen molar-refractivity contribution in [2.75, 3.05) is 13.1 Å². The molecule has 2 aliphatic heterocycles. The largest absolute Gasteiger partial charge is 0.490 e. The molecule has 1 fully saturated rings. The van der Waals surface area contributed by atoms with Gasteiger partial charge in [0.15, 0.2) is 0 Å². The molecule has 0 radical (unpaired) electrons. The Balaban J connectivity index is 0.000000364. The normalized spacial score (nSPS) is 19.0. The molecule has 1 N–H and O–H groups in total. The van der Waals surface area contributed by atoms with Crippen molar-refractivity contribution in [2.45, 2.75) is 31.2 Å². The minimum absolute atomic E-state index is 0.0164. The summed E-state index contributed by atoms with van der Waals surface area (Å²) in [6.07, 6.45) is 0.395. The first-order valence-electron chi connectivity index (χ1n) is 10.6. The van der Waals surface area contributed by atoms with Crippen LogP contribution in [0.1, 0.15) is 28.0 Å². The van der Waals surface area contributed by atoms with E-state index in [1.807, 2.05) is 57.0 Å². The zero-order valence-electron chi connectivity index (χ0n) is 18.3. The summed E-state index contributed by atoms with van der Waals surface area (Å²) in [6, 6.07) is 13.0. The van der Waals surface area contributed by atoms with Gasteiger partial charge in [-0.3, -0.25) is 14.6 Å². The van der Waals surface area contributed by atoms with Crippen molar-refractivity contribution >= 4 is 17.8 Å². The van der Waals surface area contributed by atoms with E-state index >= 15 is 0 Å². The molecule has 1 saturated heterocycles. The molecule has 35 heavy (non-hydrogen) atoms. The third-order valence-corrected chi connectivity index (χ3v) is 5.83. The van der Waals surface area contributed by atoms with E-state index in [0.29, 0.717) is 31.1 Å². The summed E-state index contributed by atoms with van der Waals surface area (Å²) in [4.78, 5) is 42.9. The van der Waals surface area contributed by atoms with Crippen LogP contribution in [0.4, 0.5) is 13.2 Å². The zero-order chi connectivity index (χ0) is 25.2. The van der Waals surface area contributed by atoms with Gasteiger partial charge in [0, 0.05) is 25.5 Å². The highest BCUT2D eigenvalue weighted by molar-refractivity contribution is 5.94. The Hall–Kier alpha value is -4.09. The van der Waals surface area contributed by atoms with Crippen molar-refractivity contribution in [3.63, 3.8) is 0 Å².